The number of hydrogen-bond donors (Lipinski definition) is 2. The van der Waals surface area contributed by atoms with Crippen LogP contribution in [0.2, 0.25) is 0 Å². The third kappa shape index (κ3) is 3.60. The van der Waals surface area contributed by atoms with Crippen LogP contribution in [0.1, 0.15) is 16.8 Å². The number of ether oxygens (including phenoxy) is 1. The maximum absolute atomic E-state index is 13.0. The van der Waals surface area contributed by atoms with E-state index in [-0.39, 0.29) is 5.91 Å². The molecule has 1 aliphatic heterocycles. The fourth-order valence-electron chi connectivity index (χ4n) is 2.27. The molecule has 1 unspecified atom stereocenters. The maximum Gasteiger partial charge on any atom is 0.251 e. The third-order valence-electron chi connectivity index (χ3n) is 3.42. The molecule has 1 saturated heterocycles. The van der Waals surface area contributed by atoms with Gasteiger partial charge in [-0.15, -0.1) is 0 Å². The number of anilines is 1. The number of rotatable bonds is 5. The molecule has 2 rings (SSSR count). The highest BCUT2D eigenvalue weighted by molar-refractivity contribution is 5.95. The van der Waals surface area contributed by atoms with Crippen molar-refractivity contribution in [3.8, 4) is 5.75 Å². The predicted molar refractivity (Wildman–Crippen MR) is 75.7 cm³/mol. The molecule has 5 nitrogen and oxygen atoms in total. The smallest absolute Gasteiger partial charge is 0.251 e. The van der Waals surface area contributed by atoms with Gasteiger partial charge in [0, 0.05) is 31.7 Å². The minimum atomic E-state index is -0.730. The summed E-state index contributed by atoms with van der Waals surface area (Å²) in [4.78, 5) is 14.0. The SMILES string of the molecule is COc1cc(C(=O)NCCN2CCC(F)C2)ccc1N. The number of nitrogens with two attached hydrogens (primary N) is 1. The van der Waals surface area contributed by atoms with Crippen LogP contribution in [0.4, 0.5) is 10.1 Å². The number of carbonyl (C=O) groups excluding carboxylic acids is 1. The number of likely N-dealkylation sites (tertiary alicyclic amines) is 1. The molecule has 3 N–H and O–H groups in total. The number of halogens is 1. The summed E-state index contributed by atoms with van der Waals surface area (Å²) in [6.07, 6.45) is -0.143. The topological polar surface area (TPSA) is 67.6 Å². The fourth-order valence-corrected chi connectivity index (χ4v) is 2.27. The molecule has 1 aromatic rings. The van der Waals surface area contributed by atoms with Gasteiger partial charge in [0.05, 0.1) is 12.8 Å². The summed E-state index contributed by atoms with van der Waals surface area (Å²) in [5, 5.41) is 2.81. The van der Waals surface area contributed by atoms with E-state index < -0.39 is 6.17 Å². The molecule has 1 atom stereocenters. The fraction of sp³-hybridized carbons (Fsp3) is 0.500. The molecule has 110 valence electrons. The van der Waals surface area contributed by atoms with Crippen LogP contribution in [0.25, 0.3) is 0 Å². The van der Waals surface area contributed by atoms with Crippen LogP contribution < -0.4 is 15.8 Å². The highest BCUT2D eigenvalue weighted by Crippen LogP contribution is 2.21. The minimum Gasteiger partial charge on any atom is -0.495 e. The first kappa shape index (κ1) is 14.6. The lowest BCUT2D eigenvalue weighted by molar-refractivity contribution is 0.0949. The molecule has 0 aliphatic carbocycles. The lowest BCUT2D eigenvalue weighted by atomic mass is 10.2. The van der Waals surface area contributed by atoms with E-state index in [1.54, 1.807) is 18.2 Å². The number of methoxy groups -OCH3 is 1. The number of nitrogen functional groups attached to an aromatic ring is 1. The first-order valence-corrected chi connectivity index (χ1v) is 6.68. The molecule has 20 heavy (non-hydrogen) atoms. The molecular weight excluding hydrogens is 261 g/mol. The minimum absolute atomic E-state index is 0.181. The van der Waals surface area contributed by atoms with Crippen molar-refractivity contribution < 1.29 is 13.9 Å². The van der Waals surface area contributed by atoms with Crippen LogP contribution in [0, 0.1) is 0 Å². The van der Waals surface area contributed by atoms with Crippen LogP contribution >= 0.6 is 0 Å². The Labute approximate surface area is 117 Å². The number of nitrogens with zero attached hydrogens (tertiary/aromatic N) is 1. The Hall–Kier alpha value is -1.82. The summed E-state index contributed by atoms with van der Waals surface area (Å²) in [5.41, 5.74) is 6.69. The lowest BCUT2D eigenvalue weighted by Gasteiger charge is -2.15. The first-order valence-electron chi connectivity index (χ1n) is 6.68. The van der Waals surface area contributed by atoms with Crippen LogP contribution in [-0.4, -0.2) is 50.3 Å². The Morgan fingerprint density at radius 3 is 3.05 bits per heavy atom. The van der Waals surface area contributed by atoms with Gasteiger partial charge in [0.2, 0.25) is 0 Å². The average Bonchev–Trinajstić information content (AvgIpc) is 2.85. The first-order chi connectivity index (χ1) is 9.60. The molecule has 0 bridgehead atoms. The van der Waals surface area contributed by atoms with Crippen LogP contribution in [-0.2, 0) is 0 Å². The molecule has 0 radical (unpaired) electrons. The van der Waals surface area contributed by atoms with Gasteiger partial charge >= 0.3 is 0 Å². The number of carbonyl (C=O) groups is 1. The van der Waals surface area contributed by atoms with E-state index in [9.17, 15) is 9.18 Å². The van der Waals surface area contributed by atoms with E-state index in [1.807, 2.05) is 4.90 Å². The van der Waals surface area contributed by atoms with Gasteiger partial charge in [-0.3, -0.25) is 9.69 Å². The lowest BCUT2D eigenvalue weighted by Crippen LogP contribution is -2.34. The van der Waals surface area contributed by atoms with Crippen molar-refractivity contribution in [3.63, 3.8) is 0 Å². The van der Waals surface area contributed by atoms with E-state index in [0.29, 0.717) is 43.1 Å². The zero-order chi connectivity index (χ0) is 14.5. The summed E-state index contributed by atoms with van der Waals surface area (Å²) in [6.45, 7) is 2.38. The molecule has 1 fully saturated rings. The largest absolute Gasteiger partial charge is 0.495 e. The van der Waals surface area contributed by atoms with E-state index in [2.05, 4.69) is 5.32 Å². The predicted octanol–water partition coefficient (Wildman–Crippen LogP) is 1.05. The number of benzene rings is 1. The summed E-state index contributed by atoms with van der Waals surface area (Å²) in [6, 6.07) is 4.90. The van der Waals surface area contributed by atoms with Crippen molar-refractivity contribution in [1.29, 1.82) is 0 Å². The number of nitrogens with one attached hydrogen (secondary N) is 1. The molecule has 1 aliphatic rings. The van der Waals surface area contributed by atoms with Gasteiger partial charge in [-0.1, -0.05) is 0 Å². The van der Waals surface area contributed by atoms with Crippen molar-refractivity contribution in [2.45, 2.75) is 12.6 Å². The zero-order valence-corrected chi connectivity index (χ0v) is 11.6. The van der Waals surface area contributed by atoms with Gasteiger partial charge in [0.1, 0.15) is 11.9 Å². The summed E-state index contributed by atoms with van der Waals surface area (Å²) in [5.74, 6) is 0.303. The highest BCUT2D eigenvalue weighted by Gasteiger charge is 2.21. The molecule has 6 heteroatoms. The van der Waals surface area contributed by atoms with Crippen molar-refractivity contribution in [1.82, 2.24) is 10.2 Å². The Bertz CT molecular complexity index is 481. The number of hydrogen-bond acceptors (Lipinski definition) is 4. The van der Waals surface area contributed by atoms with Crippen molar-refractivity contribution in [2.75, 3.05) is 39.0 Å². The van der Waals surface area contributed by atoms with Crippen LogP contribution in [0.3, 0.4) is 0 Å². The second-order valence-electron chi connectivity index (χ2n) is 4.90. The van der Waals surface area contributed by atoms with E-state index in [4.69, 9.17) is 10.5 Å². The third-order valence-corrected chi connectivity index (χ3v) is 3.42. The normalized spacial score (nSPS) is 19.0. The van der Waals surface area contributed by atoms with Crippen LogP contribution in [0.5, 0.6) is 5.75 Å². The Morgan fingerprint density at radius 2 is 2.40 bits per heavy atom. The van der Waals surface area contributed by atoms with Gasteiger partial charge in [-0.25, -0.2) is 4.39 Å². The molecule has 0 saturated carbocycles. The monoisotopic (exact) mass is 281 g/mol. The average molecular weight is 281 g/mol. The second-order valence-corrected chi connectivity index (χ2v) is 4.90. The molecule has 0 aromatic heterocycles. The van der Waals surface area contributed by atoms with Gasteiger partial charge in [0.15, 0.2) is 0 Å². The zero-order valence-electron chi connectivity index (χ0n) is 11.6. The van der Waals surface area contributed by atoms with E-state index in [0.717, 1.165) is 6.54 Å². The van der Waals surface area contributed by atoms with Gasteiger partial charge in [0.25, 0.3) is 5.91 Å². The van der Waals surface area contributed by atoms with Crippen molar-refractivity contribution >= 4 is 11.6 Å². The van der Waals surface area contributed by atoms with Gasteiger partial charge < -0.3 is 15.8 Å². The molecule has 0 spiro atoms. The Kier molecular flexibility index (Phi) is 4.79. The number of amides is 1. The molecule has 1 aromatic carbocycles. The van der Waals surface area contributed by atoms with Gasteiger partial charge in [-0.2, -0.15) is 0 Å². The standard InChI is InChI=1S/C14H20FN3O2/c1-20-13-8-10(2-3-12(13)16)14(19)17-5-7-18-6-4-11(15)9-18/h2-3,8,11H,4-7,9,16H2,1H3,(H,17,19). The molecular formula is C14H20FN3O2. The van der Waals surface area contributed by atoms with E-state index >= 15 is 0 Å². The summed E-state index contributed by atoms with van der Waals surface area (Å²) in [7, 11) is 1.51. The van der Waals surface area contributed by atoms with Crippen molar-refractivity contribution in [3.05, 3.63) is 23.8 Å². The van der Waals surface area contributed by atoms with E-state index in [1.165, 1.54) is 7.11 Å². The summed E-state index contributed by atoms with van der Waals surface area (Å²) < 4.78 is 18.1. The second kappa shape index (κ2) is 6.56. The summed E-state index contributed by atoms with van der Waals surface area (Å²) >= 11 is 0. The Balaban J connectivity index is 1.82. The maximum atomic E-state index is 13.0. The number of alkyl halides is 1. The quantitative estimate of drug-likeness (QED) is 0.792. The van der Waals surface area contributed by atoms with Crippen LogP contribution in [0.15, 0.2) is 18.2 Å². The molecule has 1 heterocycles. The highest BCUT2D eigenvalue weighted by atomic mass is 19.1. The Morgan fingerprint density at radius 1 is 1.60 bits per heavy atom. The molecule has 1 amide bonds. The van der Waals surface area contributed by atoms with Gasteiger partial charge in [-0.05, 0) is 24.6 Å². The van der Waals surface area contributed by atoms with Crippen molar-refractivity contribution in [2.24, 2.45) is 0 Å².